The van der Waals surface area contributed by atoms with E-state index >= 15 is 0 Å². The molecule has 1 unspecified atom stereocenters. The smallest absolute Gasteiger partial charge is 0.122 e. The predicted molar refractivity (Wildman–Crippen MR) is 83.9 cm³/mol. The summed E-state index contributed by atoms with van der Waals surface area (Å²) in [5.74, 6) is 1.33. The van der Waals surface area contributed by atoms with E-state index in [1.165, 1.54) is 18.2 Å². The van der Waals surface area contributed by atoms with Crippen molar-refractivity contribution in [1.29, 1.82) is 0 Å². The highest BCUT2D eigenvalue weighted by Crippen LogP contribution is 2.30. The molecule has 108 valence electrons. The minimum atomic E-state index is 0.340. The number of benzene rings is 1. The molecule has 1 heterocycles. The summed E-state index contributed by atoms with van der Waals surface area (Å²) in [4.78, 5) is 0. The number of allylic oxidation sites excluding steroid dienone is 4. The average molecular weight is 273 g/mol. The fourth-order valence-corrected chi connectivity index (χ4v) is 2.22. The van der Waals surface area contributed by atoms with Crippen molar-refractivity contribution < 1.29 is 9.84 Å². The Morgan fingerprint density at radius 2 is 2.10 bits per heavy atom. The lowest BCUT2D eigenvalue weighted by molar-refractivity contribution is 0.245. The van der Waals surface area contributed by atoms with Gasteiger partial charge in [-0.2, -0.15) is 0 Å². The van der Waals surface area contributed by atoms with Crippen LogP contribution >= 0.6 is 0 Å². The van der Waals surface area contributed by atoms with Gasteiger partial charge >= 0.3 is 0 Å². The minimum Gasteiger partial charge on any atom is -0.516 e. The van der Waals surface area contributed by atoms with Crippen LogP contribution in [-0.4, -0.2) is 18.8 Å². The van der Waals surface area contributed by atoms with Crippen LogP contribution in [0.2, 0.25) is 0 Å². The van der Waals surface area contributed by atoms with Crippen molar-refractivity contribution in [2.75, 3.05) is 13.7 Å². The van der Waals surface area contributed by atoms with Gasteiger partial charge in [0.05, 0.1) is 12.9 Å². The predicted octanol–water partition coefficient (Wildman–Crippen LogP) is 3.39. The number of para-hydroxylation sites is 1. The molecule has 1 aromatic carbocycles. The zero-order valence-electron chi connectivity index (χ0n) is 12.1. The summed E-state index contributed by atoms with van der Waals surface area (Å²) in [6.07, 6.45) is 9.70. The van der Waals surface area contributed by atoms with Gasteiger partial charge in [-0.1, -0.05) is 36.4 Å². The molecule has 1 aliphatic rings. The molecule has 0 saturated heterocycles. The molecule has 1 aliphatic heterocycles. The molecule has 0 bridgehead atoms. The molecule has 0 fully saturated rings. The zero-order valence-corrected chi connectivity index (χ0v) is 12.1. The molecule has 1 aromatic rings. The van der Waals surface area contributed by atoms with E-state index in [-0.39, 0.29) is 0 Å². The molecule has 0 aliphatic carbocycles. The van der Waals surface area contributed by atoms with Crippen LogP contribution in [-0.2, 0) is 6.42 Å². The molecule has 1 atom stereocenters. The Kier molecular flexibility index (Phi) is 7.22. The molecule has 0 saturated carbocycles. The van der Waals surface area contributed by atoms with Crippen LogP contribution in [0.15, 0.2) is 60.4 Å². The van der Waals surface area contributed by atoms with Crippen LogP contribution < -0.4 is 10.5 Å². The second-order valence-electron chi connectivity index (χ2n) is 4.33. The Labute approximate surface area is 121 Å². The molecule has 0 spiro atoms. The second kappa shape index (κ2) is 8.99. The first kappa shape index (κ1) is 16.1. The summed E-state index contributed by atoms with van der Waals surface area (Å²) in [7, 11) is 1.50. The van der Waals surface area contributed by atoms with Crippen molar-refractivity contribution >= 4 is 0 Å². The highest BCUT2D eigenvalue weighted by molar-refractivity contribution is 5.38. The monoisotopic (exact) mass is 273 g/mol. The number of hydrogen-bond acceptors (Lipinski definition) is 3. The van der Waals surface area contributed by atoms with Gasteiger partial charge in [-0.05, 0) is 43.7 Å². The highest BCUT2D eigenvalue weighted by atomic mass is 16.5. The van der Waals surface area contributed by atoms with Crippen molar-refractivity contribution in [2.24, 2.45) is 11.7 Å². The summed E-state index contributed by atoms with van der Waals surface area (Å²) in [6.45, 7) is 2.68. The number of fused-ring (bicyclic) bond motifs is 1. The van der Waals surface area contributed by atoms with Crippen LogP contribution in [0.4, 0.5) is 0 Å². The molecule has 20 heavy (non-hydrogen) atoms. The maximum Gasteiger partial charge on any atom is 0.122 e. The van der Waals surface area contributed by atoms with E-state index in [0.717, 1.165) is 18.4 Å². The summed E-state index contributed by atoms with van der Waals surface area (Å²) in [5, 5.41) is 8.76. The van der Waals surface area contributed by atoms with E-state index in [1.807, 2.05) is 37.3 Å². The first-order chi connectivity index (χ1) is 9.85. The van der Waals surface area contributed by atoms with Crippen LogP contribution in [0.5, 0.6) is 5.75 Å². The molecule has 0 radical (unpaired) electrons. The zero-order chi connectivity index (χ0) is 14.8. The molecular formula is C17H23NO2. The fourth-order valence-electron chi connectivity index (χ4n) is 2.22. The van der Waals surface area contributed by atoms with Crippen molar-refractivity contribution in [3.63, 3.8) is 0 Å². The molecule has 2 rings (SSSR count). The van der Waals surface area contributed by atoms with Gasteiger partial charge in [0.15, 0.2) is 0 Å². The Morgan fingerprint density at radius 3 is 2.80 bits per heavy atom. The van der Waals surface area contributed by atoms with Crippen molar-refractivity contribution in [1.82, 2.24) is 0 Å². The molecule has 3 heteroatoms. The number of ether oxygens (including phenoxy) is 1. The first-order valence-electron chi connectivity index (χ1n) is 6.77. The third-order valence-corrected chi connectivity index (χ3v) is 3.08. The Hall–Kier alpha value is -2.00. The molecule has 3 nitrogen and oxygen atoms in total. The van der Waals surface area contributed by atoms with Crippen molar-refractivity contribution in [3.8, 4) is 5.75 Å². The average Bonchev–Trinajstić information content (AvgIpc) is 2.53. The summed E-state index contributed by atoms with van der Waals surface area (Å²) < 4.78 is 5.78. The third-order valence-electron chi connectivity index (χ3n) is 3.08. The summed E-state index contributed by atoms with van der Waals surface area (Å²) >= 11 is 0. The van der Waals surface area contributed by atoms with Gasteiger partial charge in [0, 0.05) is 5.92 Å². The quantitative estimate of drug-likeness (QED) is 0.655. The first-order valence-corrected chi connectivity index (χ1v) is 6.77. The van der Waals surface area contributed by atoms with Gasteiger partial charge < -0.3 is 15.6 Å². The summed E-state index contributed by atoms with van der Waals surface area (Å²) in [6, 6.07) is 8.16. The van der Waals surface area contributed by atoms with E-state index in [2.05, 4.69) is 17.9 Å². The molecule has 0 amide bonds. The van der Waals surface area contributed by atoms with Crippen molar-refractivity contribution in [2.45, 2.75) is 13.3 Å². The maximum atomic E-state index is 8.76. The third kappa shape index (κ3) is 4.28. The van der Waals surface area contributed by atoms with Crippen LogP contribution in [0.3, 0.4) is 0 Å². The largest absolute Gasteiger partial charge is 0.516 e. The lowest BCUT2D eigenvalue weighted by atomic mass is 9.89. The number of rotatable bonds is 3. The van der Waals surface area contributed by atoms with E-state index in [4.69, 9.17) is 9.84 Å². The van der Waals surface area contributed by atoms with E-state index in [0.29, 0.717) is 12.5 Å². The number of aliphatic hydroxyl groups is 1. The number of aliphatic hydroxyl groups excluding tert-OH is 1. The van der Waals surface area contributed by atoms with Gasteiger partial charge in [0.2, 0.25) is 0 Å². The number of nitrogens with two attached hydrogens (primary N) is 1. The van der Waals surface area contributed by atoms with Gasteiger partial charge in [0.1, 0.15) is 5.75 Å². The molecular weight excluding hydrogens is 250 g/mol. The van der Waals surface area contributed by atoms with E-state index < -0.39 is 0 Å². The molecule has 3 N–H and O–H groups in total. The Balaban J connectivity index is 0.000000956. The van der Waals surface area contributed by atoms with E-state index in [9.17, 15) is 0 Å². The van der Waals surface area contributed by atoms with Gasteiger partial charge in [-0.3, -0.25) is 0 Å². The van der Waals surface area contributed by atoms with E-state index in [1.54, 1.807) is 6.08 Å². The molecule has 0 aromatic heterocycles. The maximum absolute atomic E-state index is 8.76. The van der Waals surface area contributed by atoms with Gasteiger partial charge in [-0.15, -0.1) is 0 Å². The Morgan fingerprint density at radius 1 is 1.35 bits per heavy atom. The number of hydrogen-bond donors (Lipinski definition) is 2. The second-order valence-corrected chi connectivity index (χ2v) is 4.33. The highest BCUT2D eigenvalue weighted by Gasteiger charge is 2.21. The van der Waals surface area contributed by atoms with Crippen LogP contribution in [0.1, 0.15) is 12.5 Å². The standard InChI is InChI=1S/C16H18O2.CH5N/c1-2-6-13(8-5-10-17)15-11-14-7-3-4-9-16(14)18-12-15;1-2/h2-10,15,17H,11-12H2,1H3;2H2,1H3/b6-2-,10-5+,13-8+;. The van der Waals surface area contributed by atoms with Crippen LogP contribution in [0.25, 0.3) is 0 Å². The normalized spacial score (nSPS) is 18.4. The van der Waals surface area contributed by atoms with Crippen LogP contribution in [0, 0.1) is 5.92 Å². The topological polar surface area (TPSA) is 55.5 Å². The SMILES string of the molecule is CN.C\C=C/C(=C\C=C\O)C1COc2ccccc2C1. The lowest BCUT2D eigenvalue weighted by Crippen LogP contribution is -2.22. The Bertz CT molecular complexity index is 490. The lowest BCUT2D eigenvalue weighted by Gasteiger charge is -2.26. The van der Waals surface area contributed by atoms with Crippen molar-refractivity contribution in [3.05, 3.63) is 66.0 Å². The van der Waals surface area contributed by atoms with Gasteiger partial charge in [0.25, 0.3) is 0 Å². The fraction of sp³-hybridized carbons (Fsp3) is 0.294. The summed E-state index contributed by atoms with van der Waals surface area (Å²) in [5.41, 5.74) is 6.93. The minimum absolute atomic E-state index is 0.340. The van der Waals surface area contributed by atoms with Gasteiger partial charge in [-0.25, -0.2) is 0 Å².